The van der Waals surface area contributed by atoms with Crippen LogP contribution in [0.3, 0.4) is 0 Å². The highest BCUT2D eigenvalue weighted by Crippen LogP contribution is 2.30. The molecule has 0 aliphatic heterocycles. The van der Waals surface area contributed by atoms with Crippen molar-refractivity contribution in [2.24, 2.45) is 0 Å². The van der Waals surface area contributed by atoms with Crippen molar-refractivity contribution in [3.05, 3.63) is 107 Å². The predicted molar refractivity (Wildman–Crippen MR) is 116 cm³/mol. The molecule has 0 spiro atoms. The fourth-order valence-electron chi connectivity index (χ4n) is 4.57. The zero-order valence-electron chi connectivity index (χ0n) is 16.1. The first-order valence-electron chi connectivity index (χ1n) is 10.3. The molecule has 2 nitrogen and oxygen atoms in total. The third-order valence-corrected chi connectivity index (χ3v) is 5.98. The van der Waals surface area contributed by atoms with E-state index >= 15 is 0 Å². The molecule has 0 saturated heterocycles. The van der Waals surface area contributed by atoms with E-state index in [0.717, 1.165) is 13.1 Å². The van der Waals surface area contributed by atoms with E-state index in [2.05, 4.69) is 94.9 Å². The number of nitrogens with one attached hydrogen (secondary N) is 1. The van der Waals surface area contributed by atoms with Crippen molar-refractivity contribution in [3.63, 3.8) is 0 Å². The van der Waals surface area contributed by atoms with Crippen LogP contribution < -0.4 is 5.32 Å². The van der Waals surface area contributed by atoms with E-state index in [4.69, 9.17) is 0 Å². The van der Waals surface area contributed by atoms with Crippen LogP contribution in [0.25, 0.3) is 10.9 Å². The highest BCUT2D eigenvalue weighted by atomic mass is 15.0. The third kappa shape index (κ3) is 3.36. The second-order valence-corrected chi connectivity index (χ2v) is 7.81. The molecule has 1 aromatic heterocycles. The summed E-state index contributed by atoms with van der Waals surface area (Å²) in [6.07, 6.45) is 6.04. The lowest BCUT2D eigenvalue weighted by molar-refractivity contribution is 0.459. The lowest BCUT2D eigenvalue weighted by Gasteiger charge is -2.26. The summed E-state index contributed by atoms with van der Waals surface area (Å²) in [5, 5.41) is 5.21. The topological polar surface area (TPSA) is 17.0 Å². The summed E-state index contributed by atoms with van der Waals surface area (Å²) in [7, 11) is 0. The maximum absolute atomic E-state index is 3.85. The molecule has 1 aliphatic carbocycles. The van der Waals surface area contributed by atoms with Crippen LogP contribution in [-0.4, -0.2) is 4.57 Å². The maximum atomic E-state index is 3.85. The molecule has 1 atom stereocenters. The first kappa shape index (κ1) is 17.3. The summed E-state index contributed by atoms with van der Waals surface area (Å²) in [6, 6.07) is 28.9. The minimum absolute atomic E-state index is 0.459. The van der Waals surface area contributed by atoms with Crippen LogP contribution in [0.1, 0.15) is 41.1 Å². The molecule has 28 heavy (non-hydrogen) atoms. The molecule has 5 rings (SSSR count). The van der Waals surface area contributed by atoms with Crippen LogP contribution in [0.15, 0.2) is 85.1 Å². The maximum Gasteiger partial charge on any atom is 0.0486 e. The van der Waals surface area contributed by atoms with Gasteiger partial charge in [0.15, 0.2) is 0 Å². The lowest BCUT2D eigenvalue weighted by atomic mass is 9.87. The Morgan fingerprint density at radius 2 is 1.64 bits per heavy atom. The monoisotopic (exact) mass is 366 g/mol. The van der Waals surface area contributed by atoms with Gasteiger partial charge in [-0.15, -0.1) is 0 Å². The molecule has 3 aromatic carbocycles. The molecular formula is C26H26N2. The van der Waals surface area contributed by atoms with Gasteiger partial charge in [0.05, 0.1) is 0 Å². The Hall–Kier alpha value is -2.84. The number of hydrogen-bond donors (Lipinski definition) is 1. The van der Waals surface area contributed by atoms with Crippen molar-refractivity contribution in [3.8, 4) is 0 Å². The van der Waals surface area contributed by atoms with Crippen LogP contribution in [0.5, 0.6) is 0 Å². The van der Waals surface area contributed by atoms with Crippen molar-refractivity contribution in [2.75, 3.05) is 0 Å². The fourth-order valence-corrected chi connectivity index (χ4v) is 4.57. The van der Waals surface area contributed by atoms with Crippen molar-refractivity contribution in [1.82, 2.24) is 9.88 Å². The number of hydrogen-bond acceptors (Lipinski definition) is 1. The normalized spacial score (nSPS) is 16.2. The van der Waals surface area contributed by atoms with Gasteiger partial charge >= 0.3 is 0 Å². The molecule has 0 bridgehead atoms. The highest BCUT2D eigenvalue weighted by Gasteiger charge is 2.19. The lowest BCUT2D eigenvalue weighted by Crippen LogP contribution is -2.24. The molecule has 0 fully saturated rings. The molecule has 0 radical (unpaired) electrons. The van der Waals surface area contributed by atoms with Crippen LogP contribution >= 0.6 is 0 Å². The summed E-state index contributed by atoms with van der Waals surface area (Å²) >= 11 is 0. The first-order chi connectivity index (χ1) is 13.9. The summed E-state index contributed by atoms with van der Waals surface area (Å²) in [4.78, 5) is 0. The summed E-state index contributed by atoms with van der Waals surface area (Å²) in [6.45, 7) is 1.81. The average molecular weight is 367 g/mol. The Labute approximate surface area is 166 Å². The Balaban J connectivity index is 1.41. The number of para-hydroxylation sites is 1. The molecule has 1 N–H and O–H groups in total. The number of benzene rings is 3. The number of fused-ring (bicyclic) bond motifs is 2. The SMILES string of the molecule is c1ccc(Cn2cc(CNC3CCCc4ccccc43)c3ccccc32)cc1. The molecule has 1 unspecified atom stereocenters. The summed E-state index contributed by atoms with van der Waals surface area (Å²) in [5.41, 5.74) is 7.03. The molecule has 1 heterocycles. The number of aryl methyl sites for hydroxylation is 1. The Morgan fingerprint density at radius 3 is 2.57 bits per heavy atom. The summed E-state index contributed by atoms with van der Waals surface area (Å²) < 4.78 is 2.39. The van der Waals surface area contributed by atoms with E-state index in [9.17, 15) is 0 Å². The molecule has 140 valence electrons. The standard InChI is InChI=1S/C26H26N2/c1-2-9-20(10-3-1)18-28-19-22(24-14-6-7-16-26(24)28)17-27-25-15-8-12-21-11-4-5-13-23(21)25/h1-7,9-11,13-14,16,19,25,27H,8,12,15,17-18H2. The van der Waals surface area contributed by atoms with Gasteiger partial charge in [0.2, 0.25) is 0 Å². The third-order valence-electron chi connectivity index (χ3n) is 5.98. The second-order valence-electron chi connectivity index (χ2n) is 7.81. The first-order valence-corrected chi connectivity index (χ1v) is 10.3. The van der Waals surface area contributed by atoms with Crippen LogP contribution in [0.4, 0.5) is 0 Å². The van der Waals surface area contributed by atoms with Crippen molar-refractivity contribution in [1.29, 1.82) is 0 Å². The van der Waals surface area contributed by atoms with E-state index in [1.54, 1.807) is 0 Å². The van der Waals surface area contributed by atoms with Gasteiger partial charge in [-0.25, -0.2) is 0 Å². The zero-order chi connectivity index (χ0) is 18.8. The average Bonchev–Trinajstić information content (AvgIpc) is 3.10. The van der Waals surface area contributed by atoms with E-state index < -0.39 is 0 Å². The van der Waals surface area contributed by atoms with Gasteiger partial charge < -0.3 is 9.88 Å². The van der Waals surface area contributed by atoms with Crippen LogP contribution in [0, 0.1) is 0 Å². The minimum atomic E-state index is 0.459. The van der Waals surface area contributed by atoms with Crippen molar-refractivity contribution >= 4 is 10.9 Å². The predicted octanol–water partition coefficient (Wildman–Crippen LogP) is 5.86. The smallest absolute Gasteiger partial charge is 0.0486 e. The molecule has 2 heteroatoms. The van der Waals surface area contributed by atoms with Gasteiger partial charge in [-0.1, -0.05) is 72.8 Å². The fraction of sp³-hybridized carbons (Fsp3) is 0.231. The number of nitrogens with zero attached hydrogens (tertiary/aromatic N) is 1. The quantitative estimate of drug-likeness (QED) is 0.468. The number of aromatic nitrogens is 1. The van der Waals surface area contributed by atoms with Gasteiger partial charge in [0.1, 0.15) is 0 Å². The van der Waals surface area contributed by atoms with Crippen molar-refractivity contribution in [2.45, 2.75) is 38.4 Å². The summed E-state index contributed by atoms with van der Waals surface area (Å²) in [5.74, 6) is 0. The van der Waals surface area contributed by atoms with E-state index in [1.807, 2.05) is 0 Å². The zero-order valence-corrected chi connectivity index (χ0v) is 16.1. The van der Waals surface area contributed by atoms with Gasteiger partial charge in [-0.05, 0) is 47.6 Å². The molecule has 0 saturated carbocycles. The highest BCUT2D eigenvalue weighted by molar-refractivity contribution is 5.84. The van der Waals surface area contributed by atoms with Crippen molar-refractivity contribution < 1.29 is 0 Å². The minimum Gasteiger partial charge on any atom is -0.343 e. The van der Waals surface area contributed by atoms with E-state index in [0.29, 0.717) is 6.04 Å². The second kappa shape index (κ2) is 7.65. The Bertz CT molecular complexity index is 1080. The van der Waals surface area contributed by atoms with Crippen LogP contribution in [0.2, 0.25) is 0 Å². The van der Waals surface area contributed by atoms with Gasteiger partial charge in [0.25, 0.3) is 0 Å². The molecule has 4 aromatic rings. The van der Waals surface area contributed by atoms with Gasteiger partial charge in [-0.2, -0.15) is 0 Å². The van der Waals surface area contributed by atoms with E-state index in [-0.39, 0.29) is 0 Å². The van der Waals surface area contributed by atoms with Crippen LogP contribution in [-0.2, 0) is 19.5 Å². The Kier molecular flexibility index (Phi) is 4.72. The molecular weight excluding hydrogens is 340 g/mol. The molecule has 1 aliphatic rings. The molecule has 0 amide bonds. The number of rotatable bonds is 5. The van der Waals surface area contributed by atoms with E-state index in [1.165, 1.54) is 52.4 Å². The Morgan fingerprint density at radius 1 is 0.857 bits per heavy atom. The van der Waals surface area contributed by atoms with Gasteiger partial charge in [0, 0.05) is 36.2 Å². The largest absolute Gasteiger partial charge is 0.343 e. The van der Waals surface area contributed by atoms with Gasteiger partial charge in [-0.3, -0.25) is 0 Å².